The number of carbonyl (C=O) groups is 1. The standard InChI is InChI=1S/C14H17N3O4S/c1-11-10-14(18)17(15-11)12-2-4-13(5-3-12)22(19,20)16-6-8-21-9-7-16/h2-5H,6-10H2,1H3. The largest absolute Gasteiger partial charge is 0.379 e. The van der Waals surface area contributed by atoms with E-state index < -0.39 is 10.0 Å². The van der Waals surface area contributed by atoms with Crippen LogP contribution in [0.25, 0.3) is 0 Å². The van der Waals surface area contributed by atoms with E-state index in [9.17, 15) is 13.2 Å². The van der Waals surface area contributed by atoms with E-state index in [2.05, 4.69) is 5.10 Å². The average molecular weight is 323 g/mol. The number of nitrogens with zero attached hydrogens (tertiary/aromatic N) is 3. The highest BCUT2D eigenvalue weighted by Crippen LogP contribution is 2.24. The number of amides is 1. The van der Waals surface area contributed by atoms with Crippen LogP contribution >= 0.6 is 0 Å². The molecule has 0 radical (unpaired) electrons. The number of hydrazone groups is 1. The molecular formula is C14H17N3O4S. The Kier molecular flexibility index (Phi) is 3.98. The summed E-state index contributed by atoms with van der Waals surface area (Å²) in [4.78, 5) is 12.0. The SMILES string of the molecule is CC1=NN(c2ccc(S(=O)(=O)N3CCOCC3)cc2)C(=O)C1. The Hall–Kier alpha value is -1.77. The Morgan fingerprint density at radius 1 is 1.14 bits per heavy atom. The molecular weight excluding hydrogens is 306 g/mol. The maximum atomic E-state index is 12.5. The first-order valence-electron chi connectivity index (χ1n) is 7.03. The van der Waals surface area contributed by atoms with E-state index in [4.69, 9.17) is 4.74 Å². The fourth-order valence-corrected chi connectivity index (χ4v) is 3.86. The summed E-state index contributed by atoms with van der Waals surface area (Å²) in [6, 6.07) is 6.23. The van der Waals surface area contributed by atoms with Gasteiger partial charge in [-0.3, -0.25) is 4.79 Å². The summed E-state index contributed by atoms with van der Waals surface area (Å²) in [5.74, 6) is -0.110. The van der Waals surface area contributed by atoms with Gasteiger partial charge in [-0.2, -0.15) is 9.41 Å². The van der Waals surface area contributed by atoms with Gasteiger partial charge in [0.05, 0.1) is 30.2 Å². The van der Waals surface area contributed by atoms with Crippen LogP contribution < -0.4 is 5.01 Å². The van der Waals surface area contributed by atoms with Crippen molar-refractivity contribution in [2.24, 2.45) is 5.10 Å². The normalized spacial score (nSPS) is 20.3. The number of rotatable bonds is 3. The minimum absolute atomic E-state index is 0.110. The van der Waals surface area contributed by atoms with Gasteiger partial charge < -0.3 is 4.74 Å². The summed E-state index contributed by atoms with van der Waals surface area (Å²) in [5, 5.41) is 5.45. The summed E-state index contributed by atoms with van der Waals surface area (Å²) in [7, 11) is -3.51. The van der Waals surface area contributed by atoms with Crippen LogP contribution in [-0.2, 0) is 19.6 Å². The number of morpholine rings is 1. The molecule has 22 heavy (non-hydrogen) atoms. The van der Waals surface area contributed by atoms with Crippen LogP contribution in [0, 0.1) is 0 Å². The molecule has 0 N–H and O–H groups in total. The Bertz CT molecular complexity index is 706. The summed E-state index contributed by atoms with van der Waals surface area (Å²) >= 11 is 0. The van der Waals surface area contributed by atoms with E-state index in [0.717, 1.165) is 5.71 Å². The fraction of sp³-hybridized carbons (Fsp3) is 0.429. The van der Waals surface area contributed by atoms with Gasteiger partial charge in [-0.15, -0.1) is 0 Å². The van der Waals surface area contributed by atoms with Gasteiger partial charge in [0.25, 0.3) is 5.91 Å². The third-order valence-corrected chi connectivity index (χ3v) is 5.52. The summed E-state index contributed by atoms with van der Waals surface area (Å²) in [5.41, 5.74) is 1.32. The van der Waals surface area contributed by atoms with E-state index >= 15 is 0 Å². The van der Waals surface area contributed by atoms with Crippen LogP contribution in [0.1, 0.15) is 13.3 Å². The monoisotopic (exact) mass is 323 g/mol. The number of ether oxygens (including phenoxy) is 1. The lowest BCUT2D eigenvalue weighted by Gasteiger charge is -2.26. The first-order chi connectivity index (χ1) is 10.5. The molecule has 0 bridgehead atoms. The van der Waals surface area contributed by atoms with Crippen molar-refractivity contribution in [2.75, 3.05) is 31.3 Å². The predicted molar refractivity (Wildman–Crippen MR) is 81.2 cm³/mol. The fourth-order valence-electron chi connectivity index (χ4n) is 2.45. The Morgan fingerprint density at radius 2 is 1.77 bits per heavy atom. The van der Waals surface area contributed by atoms with Gasteiger partial charge >= 0.3 is 0 Å². The molecule has 0 unspecified atom stereocenters. The summed E-state index contributed by atoms with van der Waals surface area (Å²) in [6.45, 7) is 3.33. The Balaban J connectivity index is 1.83. The van der Waals surface area contributed by atoms with Crippen molar-refractivity contribution >= 4 is 27.3 Å². The molecule has 1 aromatic carbocycles. The molecule has 1 fully saturated rings. The van der Waals surface area contributed by atoms with Gasteiger partial charge in [-0.1, -0.05) is 0 Å². The summed E-state index contributed by atoms with van der Waals surface area (Å²) < 4.78 is 31.6. The minimum atomic E-state index is -3.51. The maximum Gasteiger partial charge on any atom is 0.253 e. The average Bonchev–Trinajstić information content (AvgIpc) is 2.87. The zero-order chi connectivity index (χ0) is 15.7. The van der Waals surface area contributed by atoms with Crippen molar-refractivity contribution in [3.8, 4) is 0 Å². The van der Waals surface area contributed by atoms with E-state index in [1.807, 2.05) is 0 Å². The van der Waals surface area contributed by atoms with E-state index in [0.29, 0.717) is 38.4 Å². The van der Waals surface area contributed by atoms with Crippen LogP contribution in [0.4, 0.5) is 5.69 Å². The molecule has 0 aliphatic carbocycles. The zero-order valence-corrected chi connectivity index (χ0v) is 13.0. The first-order valence-corrected chi connectivity index (χ1v) is 8.47. The third kappa shape index (κ3) is 2.77. The van der Waals surface area contributed by atoms with Crippen molar-refractivity contribution < 1.29 is 17.9 Å². The molecule has 0 atom stereocenters. The van der Waals surface area contributed by atoms with Crippen LogP contribution in [-0.4, -0.2) is 50.6 Å². The lowest BCUT2D eigenvalue weighted by Crippen LogP contribution is -2.40. The molecule has 118 valence electrons. The van der Waals surface area contributed by atoms with Crippen molar-refractivity contribution in [1.82, 2.24) is 4.31 Å². The van der Waals surface area contributed by atoms with Crippen LogP contribution in [0.3, 0.4) is 0 Å². The molecule has 1 aromatic rings. The van der Waals surface area contributed by atoms with Gasteiger partial charge in [0.1, 0.15) is 0 Å². The van der Waals surface area contributed by atoms with Crippen LogP contribution in [0.15, 0.2) is 34.3 Å². The van der Waals surface area contributed by atoms with Crippen molar-refractivity contribution in [3.05, 3.63) is 24.3 Å². The maximum absolute atomic E-state index is 12.5. The van der Waals surface area contributed by atoms with Gasteiger partial charge in [0, 0.05) is 18.8 Å². The van der Waals surface area contributed by atoms with Crippen LogP contribution in [0.5, 0.6) is 0 Å². The third-order valence-electron chi connectivity index (χ3n) is 3.60. The molecule has 1 amide bonds. The lowest BCUT2D eigenvalue weighted by atomic mass is 10.3. The quantitative estimate of drug-likeness (QED) is 0.825. The molecule has 1 saturated heterocycles. The highest BCUT2D eigenvalue weighted by atomic mass is 32.2. The number of benzene rings is 1. The highest BCUT2D eigenvalue weighted by molar-refractivity contribution is 7.89. The predicted octanol–water partition coefficient (Wildman–Crippen LogP) is 0.820. The molecule has 3 rings (SSSR count). The summed E-state index contributed by atoms with van der Waals surface area (Å²) in [6.07, 6.45) is 0.299. The van der Waals surface area contributed by atoms with Gasteiger partial charge in [0.2, 0.25) is 10.0 Å². The van der Waals surface area contributed by atoms with E-state index in [1.165, 1.54) is 21.4 Å². The second-order valence-electron chi connectivity index (χ2n) is 5.23. The van der Waals surface area contributed by atoms with E-state index in [1.54, 1.807) is 19.1 Å². The first kappa shape index (κ1) is 15.1. The number of sulfonamides is 1. The minimum Gasteiger partial charge on any atom is -0.379 e. The van der Waals surface area contributed by atoms with Gasteiger partial charge in [-0.05, 0) is 31.2 Å². The topological polar surface area (TPSA) is 79.3 Å². The molecule has 0 aromatic heterocycles. The number of carbonyl (C=O) groups excluding carboxylic acids is 1. The molecule has 2 aliphatic rings. The molecule has 0 spiro atoms. The highest BCUT2D eigenvalue weighted by Gasteiger charge is 2.27. The lowest BCUT2D eigenvalue weighted by molar-refractivity contribution is -0.116. The number of hydrogen-bond donors (Lipinski definition) is 0. The Labute approximate surface area is 129 Å². The zero-order valence-electron chi connectivity index (χ0n) is 12.2. The second kappa shape index (κ2) is 5.79. The van der Waals surface area contributed by atoms with Crippen molar-refractivity contribution in [2.45, 2.75) is 18.2 Å². The Morgan fingerprint density at radius 3 is 2.32 bits per heavy atom. The number of hydrogen-bond acceptors (Lipinski definition) is 5. The van der Waals surface area contributed by atoms with Crippen molar-refractivity contribution in [3.63, 3.8) is 0 Å². The van der Waals surface area contributed by atoms with Crippen LogP contribution in [0.2, 0.25) is 0 Å². The second-order valence-corrected chi connectivity index (χ2v) is 7.17. The smallest absolute Gasteiger partial charge is 0.253 e. The molecule has 8 heteroatoms. The number of anilines is 1. The molecule has 7 nitrogen and oxygen atoms in total. The van der Waals surface area contributed by atoms with Gasteiger partial charge in [0.15, 0.2) is 0 Å². The molecule has 0 saturated carbocycles. The molecule has 2 aliphatic heterocycles. The van der Waals surface area contributed by atoms with Gasteiger partial charge in [-0.25, -0.2) is 13.4 Å². The molecule has 2 heterocycles. The van der Waals surface area contributed by atoms with E-state index in [-0.39, 0.29) is 10.8 Å². The van der Waals surface area contributed by atoms with Crippen molar-refractivity contribution in [1.29, 1.82) is 0 Å².